The third kappa shape index (κ3) is 5.63. The predicted octanol–water partition coefficient (Wildman–Crippen LogP) is -2.22. The van der Waals surface area contributed by atoms with Crippen molar-refractivity contribution in [2.75, 3.05) is 20.1 Å². The van der Waals surface area contributed by atoms with E-state index in [1.165, 1.54) is 0 Å². The summed E-state index contributed by atoms with van der Waals surface area (Å²) in [5.74, 6) is 4.18. The fourth-order valence-corrected chi connectivity index (χ4v) is 0.710. The third-order valence-electron chi connectivity index (χ3n) is 1.31. The number of primary amides is 1. The second-order valence-electron chi connectivity index (χ2n) is 2.52. The summed E-state index contributed by atoms with van der Waals surface area (Å²) < 4.78 is 0. The Morgan fingerprint density at radius 2 is 2.08 bits per heavy atom. The molecule has 0 saturated carbocycles. The minimum atomic E-state index is -0.411. The highest BCUT2D eigenvalue weighted by molar-refractivity contribution is 5.76. The maximum Gasteiger partial charge on any atom is 0.235 e. The van der Waals surface area contributed by atoms with Crippen LogP contribution in [0.15, 0.2) is 0 Å². The quantitative estimate of drug-likeness (QED) is 0.250. The van der Waals surface area contributed by atoms with Crippen LogP contribution in [0.25, 0.3) is 0 Å². The summed E-state index contributed by atoms with van der Waals surface area (Å²) in [6.07, 6.45) is 0.264. The van der Waals surface area contributed by atoms with Gasteiger partial charge in [0.25, 0.3) is 0 Å². The molecular weight excluding hydrogens is 160 g/mol. The van der Waals surface area contributed by atoms with Crippen LogP contribution in [0, 0.1) is 0 Å². The van der Waals surface area contributed by atoms with Crippen LogP contribution in [0.2, 0.25) is 0 Å². The Balaban J connectivity index is 3.50. The van der Waals surface area contributed by atoms with Crippen molar-refractivity contribution in [2.45, 2.75) is 6.42 Å². The largest absolute Gasteiger partial charge is 0.369 e. The zero-order valence-electron chi connectivity index (χ0n) is 7.04. The molecule has 0 heterocycles. The van der Waals surface area contributed by atoms with Gasteiger partial charge in [0.2, 0.25) is 11.8 Å². The highest BCUT2D eigenvalue weighted by atomic mass is 16.2. The highest BCUT2D eigenvalue weighted by Gasteiger charge is 2.04. The Labute approximate surface area is 70.8 Å². The predicted molar refractivity (Wildman–Crippen MR) is 43.6 cm³/mol. The third-order valence-corrected chi connectivity index (χ3v) is 1.31. The monoisotopic (exact) mass is 174 g/mol. The Hall–Kier alpha value is -1.14. The topological polar surface area (TPSA) is 101 Å². The second-order valence-corrected chi connectivity index (χ2v) is 2.52. The minimum absolute atomic E-state index is 0.151. The van der Waals surface area contributed by atoms with Gasteiger partial charge in [-0.05, 0) is 7.05 Å². The van der Waals surface area contributed by atoms with Crippen LogP contribution >= 0.6 is 0 Å². The van der Waals surface area contributed by atoms with Gasteiger partial charge in [0.1, 0.15) is 0 Å². The Morgan fingerprint density at radius 3 is 2.50 bits per heavy atom. The van der Waals surface area contributed by atoms with E-state index in [9.17, 15) is 9.59 Å². The molecule has 2 amide bonds. The van der Waals surface area contributed by atoms with Crippen LogP contribution in [0.3, 0.4) is 0 Å². The molecule has 0 fully saturated rings. The SMILES string of the molecule is CN(CCC(=O)NN)CC(N)=O. The number of nitrogens with zero attached hydrogens (tertiary/aromatic N) is 1. The molecule has 0 atom stereocenters. The van der Waals surface area contributed by atoms with Gasteiger partial charge in [0.05, 0.1) is 6.54 Å². The summed E-state index contributed by atoms with van der Waals surface area (Å²) in [6.45, 7) is 0.615. The zero-order valence-corrected chi connectivity index (χ0v) is 7.04. The first-order valence-electron chi connectivity index (χ1n) is 3.52. The van der Waals surface area contributed by atoms with Gasteiger partial charge in [-0.25, -0.2) is 5.84 Å². The maximum atomic E-state index is 10.6. The number of carbonyl (C=O) groups excluding carboxylic acids is 2. The number of likely N-dealkylation sites (N-methyl/N-ethyl adjacent to an activating group) is 1. The van der Waals surface area contributed by atoms with Gasteiger partial charge < -0.3 is 5.73 Å². The van der Waals surface area contributed by atoms with Crippen LogP contribution in [-0.4, -0.2) is 36.9 Å². The molecular formula is C6H14N4O2. The second kappa shape index (κ2) is 5.50. The first-order chi connectivity index (χ1) is 5.56. The number of carbonyl (C=O) groups is 2. The van der Waals surface area contributed by atoms with E-state index in [1.807, 2.05) is 5.43 Å². The van der Waals surface area contributed by atoms with Crippen molar-refractivity contribution in [1.82, 2.24) is 10.3 Å². The van der Waals surface area contributed by atoms with Crippen LogP contribution in [0.4, 0.5) is 0 Å². The van der Waals surface area contributed by atoms with E-state index in [4.69, 9.17) is 11.6 Å². The molecule has 0 aromatic heterocycles. The molecule has 70 valence electrons. The van der Waals surface area contributed by atoms with E-state index < -0.39 is 5.91 Å². The van der Waals surface area contributed by atoms with Crippen LogP contribution < -0.4 is 17.0 Å². The fourth-order valence-electron chi connectivity index (χ4n) is 0.710. The Bertz CT molecular complexity index is 171. The summed E-state index contributed by atoms with van der Waals surface area (Å²) >= 11 is 0. The van der Waals surface area contributed by atoms with Crippen molar-refractivity contribution in [3.8, 4) is 0 Å². The van der Waals surface area contributed by atoms with Gasteiger partial charge in [-0.2, -0.15) is 0 Å². The van der Waals surface area contributed by atoms with Crippen molar-refractivity contribution < 1.29 is 9.59 Å². The van der Waals surface area contributed by atoms with E-state index in [1.54, 1.807) is 11.9 Å². The first-order valence-corrected chi connectivity index (χ1v) is 3.52. The average molecular weight is 174 g/mol. The number of hydrogen-bond donors (Lipinski definition) is 3. The molecule has 0 aliphatic rings. The van der Waals surface area contributed by atoms with Gasteiger partial charge in [-0.15, -0.1) is 0 Å². The number of hydrogen-bond acceptors (Lipinski definition) is 4. The molecule has 6 nitrogen and oxygen atoms in total. The van der Waals surface area contributed by atoms with Crippen LogP contribution in [0.5, 0.6) is 0 Å². The van der Waals surface area contributed by atoms with Gasteiger partial charge >= 0.3 is 0 Å². The average Bonchev–Trinajstić information content (AvgIpc) is 1.99. The number of hydrazine groups is 1. The van der Waals surface area contributed by atoms with Gasteiger partial charge in [-0.3, -0.25) is 19.9 Å². The Kier molecular flexibility index (Phi) is 4.98. The van der Waals surface area contributed by atoms with E-state index >= 15 is 0 Å². The van der Waals surface area contributed by atoms with Crippen molar-refractivity contribution in [2.24, 2.45) is 11.6 Å². The zero-order chi connectivity index (χ0) is 9.56. The molecule has 0 unspecified atom stereocenters. The summed E-state index contributed by atoms with van der Waals surface area (Å²) in [4.78, 5) is 22.7. The van der Waals surface area contributed by atoms with Crippen molar-refractivity contribution in [1.29, 1.82) is 0 Å². The lowest BCUT2D eigenvalue weighted by molar-refractivity contribution is -0.122. The fraction of sp³-hybridized carbons (Fsp3) is 0.667. The molecule has 0 rings (SSSR count). The molecule has 0 aliphatic heterocycles. The number of nitrogens with two attached hydrogens (primary N) is 2. The standard InChI is InChI=1S/C6H14N4O2/c1-10(4-5(7)11)3-2-6(12)9-8/h2-4,8H2,1H3,(H2,7,11)(H,9,12). The normalized spacial score (nSPS) is 9.92. The lowest BCUT2D eigenvalue weighted by atomic mass is 10.4. The molecule has 0 bridgehead atoms. The molecule has 6 heteroatoms. The van der Waals surface area contributed by atoms with Crippen LogP contribution in [0.1, 0.15) is 6.42 Å². The highest BCUT2D eigenvalue weighted by Crippen LogP contribution is 1.85. The van der Waals surface area contributed by atoms with Crippen molar-refractivity contribution >= 4 is 11.8 Å². The molecule has 5 N–H and O–H groups in total. The van der Waals surface area contributed by atoms with Gasteiger partial charge in [-0.1, -0.05) is 0 Å². The van der Waals surface area contributed by atoms with E-state index in [0.29, 0.717) is 6.54 Å². The summed E-state index contributed by atoms with van der Waals surface area (Å²) in [5, 5.41) is 0. The number of rotatable bonds is 5. The Morgan fingerprint density at radius 1 is 1.50 bits per heavy atom. The molecule has 0 aromatic rings. The smallest absolute Gasteiger partial charge is 0.235 e. The summed E-state index contributed by atoms with van der Waals surface area (Å²) in [6, 6.07) is 0. The summed E-state index contributed by atoms with van der Waals surface area (Å²) in [7, 11) is 1.70. The van der Waals surface area contributed by atoms with E-state index in [0.717, 1.165) is 0 Å². The van der Waals surface area contributed by atoms with Crippen molar-refractivity contribution in [3.05, 3.63) is 0 Å². The summed E-state index contributed by atoms with van der Waals surface area (Å²) in [5.41, 5.74) is 6.92. The van der Waals surface area contributed by atoms with Crippen molar-refractivity contribution in [3.63, 3.8) is 0 Å². The first kappa shape index (κ1) is 10.9. The van der Waals surface area contributed by atoms with Gasteiger partial charge in [0.15, 0.2) is 0 Å². The number of amides is 2. The molecule has 0 saturated heterocycles. The molecule has 0 aliphatic carbocycles. The molecule has 0 radical (unpaired) electrons. The lowest BCUT2D eigenvalue weighted by Gasteiger charge is -2.12. The maximum absolute atomic E-state index is 10.6. The van der Waals surface area contributed by atoms with Crippen LogP contribution in [-0.2, 0) is 9.59 Å². The molecule has 0 spiro atoms. The van der Waals surface area contributed by atoms with E-state index in [2.05, 4.69) is 0 Å². The van der Waals surface area contributed by atoms with Gasteiger partial charge in [0, 0.05) is 13.0 Å². The molecule has 12 heavy (non-hydrogen) atoms. The molecule has 0 aromatic carbocycles. The number of nitrogens with one attached hydrogen (secondary N) is 1. The van der Waals surface area contributed by atoms with E-state index in [-0.39, 0.29) is 18.9 Å². The minimum Gasteiger partial charge on any atom is -0.369 e. The lowest BCUT2D eigenvalue weighted by Crippen LogP contribution is -2.36.